The van der Waals surface area contributed by atoms with Crippen molar-refractivity contribution in [3.8, 4) is 11.6 Å². The minimum absolute atomic E-state index is 0.377. The second-order valence-corrected chi connectivity index (χ2v) is 5.02. The van der Waals surface area contributed by atoms with E-state index in [0.717, 1.165) is 24.3 Å². The number of methoxy groups -OCH3 is 2. The molecule has 0 aliphatic carbocycles. The molecule has 4 heteroatoms. The zero-order valence-corrected chi connectivity index (χ0v) is 12.8. The van der Waals surface area contributed by atoms with E-state index < -0.39 is 0 Å². The van der Waals surface area contributed by atoms with Gasteiger partial charge < -0.3 is 14.8 Å². The molecule has 112 valence electrons. The van der Waals surface area contributed by atoms with Crippen molar-refractivity contribution in [1.82, 2.24) is 4.98 Å². The third-order valence-corrected chi connectivity index (χ3v) is 3.38. The number of hydrogen-bond donors (Lipinski definition) is 1. The third-order valence-electron chi connectivity index (χ3n) is 3.38. The number of benzene rings is 1. The molecule has 2 aromatic rings. The smallest absolute Gasteiger partial charge is 0.213 e. The fourth-order valence-corrected chi connectivity index (χ4v) is 2.12. The Hall–Kier alpha value is -2.23. The molecule has 0 fully saturated rings. The van der Waals surface area contributed by atoms with Crippen LogP contribution in [0.3, 0.4) is 0 Å². The highest BCUT2D eigenvalue weighted by molar-refractivity contribution is 5.42. The monoisotopic (exact) mass is 286 g/mol. The lowest BCUT2D eigenvalue weighted by Crippen LogP contribution is -2.16. The fourth-order valence-electron chi connectivity index (χ4n) is 2.12. The van der Waals surface area contributed by atoms with Crippen LogP contribution in [0.25, 0.3) is 0 Å². The number of aryl methyl sites for hydroxylation is 1. The molecule has 4 nitrogen and oxygen atoms in total. The molecule has 1 atom stereocenters. The highest BCUT2D eigenvalue weighted by Crippen LogP contribution is 2.16. The minimum Gasteiger partial charge on any atom is -0.497 e. The van der Waals surface area contributed by atoms with Crippen LogP contribution in [-0.4, -0.2) is 25.2 Å². The second-order valence-electron chi connectivity index (χ2n) is 5.02. The molecule has 1 aromatic carbocycles. The summed E-state index contributed by atoms with van der Waals surface area (Å²) in [5, 5.41) is 3.44. The molecular formula is C17H22N2O2. The zero-order chi connectivity index (χ0) is 15.1. The van der Waals surface area contributed by atoms with E-state index in [9.17, 15) is 0 Å². The molecule has 0 spiro atoms. The van der Waals surface area contributed by atoms with Gasteiger partial charge in [-0.2, -0.15) is 0 Å². The van der Waals surface area contributed by atoms with Gasteiger partial charge in [0.1, 0.15) is 5.75 Å². The standard InChI is InChI=1S/C17H22N2O2/c1-13(19-15-8-11-17(21-3)18-12-15)4-5-14-6-9-16(20-2)10-7-14/h6-13,19H,4-5H2,1-3H3. The van der Waals surface area contributed by atoms with Gasteiger partial charge in [0.2, 0.25) is 5.88 Å². The second kappa shape index (κ2) is 7.53. The molecule has 0 saturated carbocycles. The van der Waals surface area contributed by atoms with Gasteiger partial charge in [-0.1, -0.05) is 12.1 Å². The number of ether oxygens (including phenoxy) is 2. The summed E-state index contributed by atoms with van der Waals surface area (Å²) in [4.78, 5) is 4.19. The minimum atomic E-state index is 0.377. The van der Waals surface area contributed by atoms with E-state index in [0.29, 0.717) is 11.9 Å². The van der Waals surface area contributed by atoms with Crippen LogP contribution in [0.2, 0.25) is 0 Å². The molecule has 0 aliphatic heterocycles. The maximum atomic E-state index is 5.16. The predicted octanol–water partition coefficient (Wildman–Crippen LogP) is 3.53. The lowest BCUT2D eigenvalue weighted by Gasteiger charge is -2.15. The van der Waals surface area contributed by atoms with E-state index in [2.05, 4.69) is 29.4 Å². The molecule has 2 rings (SSSR count). The van der Waals surface area contributed by atoms with Crippen molar-refractivity contribution in [2.75, 3.05) is 19.5 Å². The Morgan fingerprint density at radius 1 is 1.05 bits per heavy atom. The Balaban J connectivity index is 1.81. The summed E-state index contributed by atoms with van der Waals surface area (Å²) < 4.78 is 10.2. The highest BCUT2D eigenvalue weighted by atomic mass is 16.5. The number of rotatable bonds is 7. The molecule has 0 radical (unpaired) electrons. The molecular weight excluding hydrogens is 264 g/mol. The summed E-state index contributed by atoms with van der Waals surface area (Å²) in [6.45, 7) is 2.17. The SMILES string of the molecule is COc1ccc(CCC(C)Nc2ccc(OC)nc2)cc1. The first-order valence-corrected chi connectivity index (χ1v) is 7.11. The van der Waals surface area contributed by atoms with Gasteiger partial charge in [-0.3, -0.25) is 0 Å². The number of aromatic nitrogens is 1. The van der Waals surface area contributed by atoms with Crippen molar-refractivity contribution in [1.29, 1.82) is 0 Å². The Labute approximate surface area is 126 Å². The summed E-state index contributed by atoms with van der Waals surface area (Å²) in [6, 6.07) is 12.4. The predicted molar refractivity (Wildman–Crippen MR) is 85.2 cm³/mol. The molecule has 1 heterocycles. The van der Waals surface area contributed by atoms with Crippen LogP contribution in [-0.2, 0) is 6.42 Å². The molecule has 21 heavy (non-hydrogen) atoms. The quantitative estimate of drug-likeness (QED) is 0.845. The van der Waals surface area contributed by atoms with Crippen LogP contribution in [0.1, 0.15) is 18.9 Å². The molecule has 0 bridgehead atoms. The number of pyridine rings is 1. The molecule has 1 aromatic heterocycles. The van der Waals surface area contributed by atoms with E-state index in [-0.39, 0.29) is 0 Å². The van der Waals surface area contributed by atoms with E-state index in [1.807, 2.05) is 24.3 Å². The van der Waals surface area contributed by atoms with Gasteiger partial charge in [-0.25, -0.2) is 4.98 Å². The highest BCUT2D eigenvalue weighted by Gasteiger charge is 2.04. The summed E-state index contributed by atoms with van der Waals surface area (Å²) in [6.07, 6.45) is 3.88. The van der Waals surface area contributed by atoms with Gasteiger partial charge in [0.05, 0.1) is 26.1 Å². The first-order chi connectivity index (χ1) is 10.2. The van der Waals surface area contributed by atoms with Gasteiger partial charge in [0.25, 0.3) is 0 Å². The molecule has 1 N–H and O–H groups in total. The normalized spacial score (nSPS) is 11.8. The van der Waals surface area contributed by atoms with Gasteiger partial charge >= 0.3 is 0 Å². The van der Waals surface area contributed by atoms with Gasteiger partial charge in [0, 0.05) is 12.1 Å². The number of nitrogens with zero attached hydrogens (tertiary/aromatic N) is 1. The van der Waals surface area contributed by atoms with Gasteiger partial charge in [0.15, 0.2) is 0 Å². The van der Waals surface area contributed by atoms with Gasteiger partial charge in [-0.05, 0) is 43.5 Å². The Morgan fingerprint density at radius 2 is 1.81 bits per heavy atom. The number of hydrogen-bond acceptors (Lipinski definition) is 4. The third kappa shape index (κ3) is 4.67. The summed E-state index contributed by atoms with van der Waals surface area (Å²) in [5.74, 6) is 1.53. The van der Waals surface area contributed by atoms with Crippen molar-refractivity contribution in [2.24, 2.45) is 0 Å². The van der Waals surface area contributed by atoms with Crippen LogP contribution < -0.4 is 14.8 Å². The average Bonchev–Trinajstić information content (AvgIpc) is 2.54. The molecule has 0 saturated heterocycles. The first-order valence-electron chi connectivity index (χ1n) is 7.11. The maximum Gasteiger partial charge on any atom is 0.213 e. The van der Waals surface area contributed by atoms with Crippen molar-refractivity contribution in [2.45, 2.75) is 25.8 Å². The Morgan fingerprint density at radius 3 is 2.38 bits per heavy atom. The maximum absolute atomic E-state index is 5.16. The largest absolute Gasteiger partial charge is 0.497 e. The lowest BCUT2D eigenvalue weighted by atomic mass is 10.1. The summed E-state index contributed by atoms with van der Waals surface area (Å²) >= 11 is 0. The van der Waals surface area contributed by atoms with Crippen molar-refractivity contribution in [3.05, 3.63) is 48.2 Å². The van der Waals surface area contributed by atoms with Gasteiger partial charge in [-0.15, -0.1) is 0 Å². The van der Waals surface area contributed by atoms with Crippen molar-refractivity contribution in [3.63, 3.8) is 0 Å². The average molecular weight is 286 g/mol. The van der Waals surface area contributed by atoms with E-state index in [1.54, 1.807) is 20.4 Å². The van der Waals surface area contributed by atoms with E-state index >= 15 is 0 Å². The number of nitrogens with one attached hydrogen (secondary N) is 1. The topological polar surface area (TPSA) is 43.4 Å². The van der Waals surface area contributed by atoms with Crippen LogP contribution in [0.4, 0.5) is 5.69 Å². The Kier molecular flexibility index (Phi) is 5.43. The fraction of sp³-hybridized carbons (Fsp3) is 0.353. The summed E-state index contributed by atoms with van der Waals surface area (Å²) in [5.41, 5.74) is 2.33. The molecule has 1 unspecified atom stereocenters. The van der Waals surface area contributed by atoms with Crippen LogP contribution >= 0.6 is 0 Å². The molecule has 0 aliphatic rings. The van der Waals surface area contributed by atoms with Crippen LogP contribution in [0.15, 0.2) is 42.6 Å². The first kappa shape index (κ1) is 15.2. The zero-order valence-electron chi connectivity index (χ0n) is 12.8. The lowest BCUT2D eigenvalue weighted by molar-refractivity contribution is 0.398. The van der Waals surface area contributed by atoms with Crippen LogP contribution in [0.5, 0.6) is 11.6 Å². The Bertz CT molecular complexity index is 538. The summed E-state index contributed by atoms with van der Waals surface area (Å²) in [7, 11) is 3.30. The van der Waals surface area contributed by atoms with Crippen molar-refractivity contribution >= 4 is 5.69 Å². The molecule has 0 amide bonds. The number of anilines is 1. The van der Waals surface area contributed by atoms with Crippen molar-refractivity contribution < 1.29 is 9.47 Å². The van der Waals surface area contributed by atoms with E-state index in [1.165, 1.54) is 5.56 Å². The van der Waals surface area contributed by atoms with E-state index in [4.69, 9.17) is 9.47 Å². The van der Waals surface area contributed by atoms with Crippen LogP contribution in [0, 0.1) is 0 Å².